The van der Waals surface area contributed by atoms with Crippen LogP contribution in [0.2, 0.25) is 0 Å². The number of amides is 3. The molecule has 1 atom stereocenters. The van der Waals surface area contributed by atoms with Crippen molar-refractivity contribution in [2.75, 3.05) is 19.6 Å². The molecular formula is C20H25N3O3. The lowest BCUT2D eigenvalue weighted by Crippen LogP contribution is -2.52. The van der Waals surface area contributed by atoms with E-state index < -0.39 is 0 Å². The lowest BCUT2D eigenvalue weighted by molar-refractivity contribution is -0.143. The topological polar surface area (TPSA) is 60.9 Å². The zero-order valence-corrected chi connectivity index (χ0v) is 15.2. The molecule has 0 aliphatic carbocycles. The van der Waals surface area contributed by atoms with Crippen LogP contribution in [0.1, 0.15) is 48.5 Å². The molecule has 0 spiro atoms. The van der Waals surface area contributed by atoms with Gasteiger partial charge < -0.3 is 14.7 Å². The Kier molecular flexibility index (Phi) is 4.42. The molecule has 3 aliphatic rings. The maximum Gasteiger partial charge on any atom is 0.254 e. The van der Waals surface area contributed by atoms with Gasteiger partial charge in [-0.05, 0) is 37.3 Å². The van der Waals surface area contributed by atoms with Gasteiger partial charge in [0, 0.05) is 44.7 Å². The molecule has 0 radical (unpaired) electrons. The Hall–Kier alpha value is -2.37. The average Bonchev–Trinajstić information content (AvgIpc) is 3.27. The standard InChI is InChI=1S/C20H25N3O3/c1-14(24)22-10-4-7-18(22)20(26)21-11-8-16(9-12-21)23-13-15-5-2-3-6-17(15)19(23)25/h2-3,5-6,16,18H,4,7-13H2,1H3. The van der Waals surface area contributed by atoms with E-state index in [4.69, 9.17) is 0 Å². The third kappa shape index (κ3) is 2.87. The summed E-state index contributed by atoms with van der Waals surface area (Å²) in [5, 5.41) is 0. The van der Waals surface area contributed by atoms with Gasteiger partial charge in [0.25, 0.3) is 5.91 Å². The monoisotopic (exact) mass is 355 g/mol. The minimum absolute atomic E-state index is 0.0174. The Morgan fingerprint density at radius 3 is 2.46 bits per heavy atom. The van der Waals surface area contributed by atoms with Crippen LogP contribution in [0.25, 0.3) is 0 Å². The number of piperidine rings is 1. The van der Waals surface area contributed by atoms with Gasteiger partial charge in [-0.25, -0.2) is 0 Å². The second kappa shape index (κ2) is 6.74. The van der Waals surface area contributed by atoms with Gasteiger partial charge in [0.15, 0.2) is 0 Å². The van der Waals surface area contributed by atoms with Gasteiger partial charge in [0.1, 0.15) is 6.04 Å². The first-order valence-electron chi connectivity index (χ1n) is 9.51. The first-order chi connectivity index (χ1) is 12.6. The third-order valence-corrected chi connectivity index (χ3v) is 6.01. The number of fused-ring (bicyclic) bond motifs is 1. The number of rotatable bonds is 2. The SMILES string of the molecule is CC(=O)N1CCCC1C(=O)N1CCC(N2Cc3ccccc3C2=O)CC1. The summed E-state index contributed by atoms with van der Waals surface area (Å²) in [6, 6.07) is 7.69. The zero-order chi connectivity index (χ0) is 18.3. The van der Waals surface area contributed by atoms with E-state index in [1.165, 1.54) is 6.92 Å². The molecule has 0 N–H and O–H groups in total. The highest BCUT2D eigenvalue weighted by Crippen LogP contribution is 2.29. The number of carbonyl (C=O) groups excluding carboxylic acids is 3. The van der Waals surface area contributed by atoms with Crippen LogP contribution in [0.5, 0.6) is 0 Å². The van der Waals surface area contributed by atoms with Crippen molar-refractivity contribution in [1.82, 2.24) is 14.7 Å². The molecule has 2 saturated heterocycles. The fourth-order valence-electron chi connectivity index (χ4n) is 4.58. The van der Waals surface area contributed by atoms with Gasteiger partial charge in [-0.15, -0.1) is 0 Å². The van der Waals surface area contributed by atoms with Crippen LogP contribution in [0.4, 0.5) is 0 Å². The van der Waals surface area contributed by atoms with Crippen LogP contribution >= 0.6 is 0 Å². The van der Waals surface area contributed by atoms with Crippen LogP contribution in [0.3, 0.4) is 0 Å². The Morgan fingerprint density at radius 2 is 1.77 bits per heavy atom. The highest BCUT2D eigenvalue weighted by atomic mass is 16.2. The van der Waals surface area contributed by atoms with Gasteiger partial charge in [-0.1, -0.05) is 18.2 Å². The van der Waals surface area contributed by atoms with Crippen molar-refractivity contribution in [1.29, 1.82) is 0 Å². The van der Waals surface area contributed by atoms with Crippen molar-refractivity contribution in [2.24, 2.45) is 0 Å². The Bertz CT molecular complexity index is 740. The number of carbonyl (C=O) groups is 3. The molecule has 0 aromatic heterocycles. The summed E-state index contributed by atoms with van der Waals surface area (Å²) in [4.78, 5) is 42.8. The van der Waals surface area contributed by atoms with E-state index in [2.05, 4.69) is 0 Å². The molecule has 3 aliphatic heterocycles. The first kappa shape index (κ1) is 17.1. The molecule has 1 aromatic carbocycles. The van der Waals surface area contributed by atoms with E-state index in [0.717, 1.165) is 36.8 Å². The predicted octanol–water partition coefficient (Wildman–Crippen LogP) is 1.64. The minimum atomic E-state index is -0.290. The zero-order valence-electron chi connectivity index (χ0n) is 15.2. The molecule has 6 nitrogen and oxygen atoms in total. The van der Waals surface area contributed by atoms with Crippen molar-refractivity contribution in [3.63, 3.8) is 0 Å². The molecule has 0 saturated carbocycles. The van der Waals surface area contributed by atoms with Crippen molar-refractivity contribution in [3.8, 4) is 0 Å². The Labute approximate surface area is 153 Å². The van der Waals surface area contributed by atoms with Gasteiger partial charge in [0.05, 0.1) is 0 Å². The van der Waals surface area contributed by atoms with E-state index >= 15 is 0 Å². The van der Waals surface area contributed by atoms with Gasteiger partial charge in [0.2, 0.25) is 11.8 Å². The normalized spacial score (nSPS) is 23.5. The fraction of sp³-hybridized carbons (Fsp3) is 0.550. The molecule has 138 valence electrons. The number of likely N-dealkylation sites (tertiary alicyclic amines) is 2. The first-order valence-corrected chi connectivity index (χ1v) is 9.51. The number of benzene rings is 1. The van der Waals surface area contributed by atoms with Crippen molar-refractivity contribution in [2.45, 2.75) is 51.2 Å². The fourth-order valence-corrected chi connectivity index (χ4v) is 4.58. The summed E-state index contributed by atoms with van der Waals surface area (Å²) in [5.74, 6) is 0.173. The summed E-state index contributed by atoms with van der Waals surface area (Å²) >= 11 is 0. The molecule has 4 rings (SSSR count). The molecular weight excluding hydrogens is 330 g/mol. The molecule has 6 heteroatoms. The Balaban J connectivity index is 1.37. The van der Waals surface area contributed by atoms with Crippen LogP contribution in [0.15, 0.2) is 24.3 Å². The highest BCUT2D eigenvalue weighted by Gasteiger charge is 2.39. The van der Waals surface area contributed by atoms with Crippen molar-refractivity contribution < 1.29 is 14.4 Å². The number of hydrogen-bond donors (Lipinski definition) is 0. The quantitative estimate of drug-likeness (QED) is 0.810. The smallest absolute Gasteiger partial charge is 0.254 e. The molecule has 2 fully saturated rings. The van der Waals surface area contributed by atoms with Crippen LogP contribution in [0, 0.1) is 0 Å². The molecule has 3 amide bonds. The lowest BCUT2D eigenvalue weighted by atomic mass is 10.0. The lowest BCUT2D eigenvalue weighted by Gasteiger charge is -2.38. The predicted molar refractivity (Wildman–Crippen MR) is 96.3 cm³/mol. The van der Waals surface area contributed by atoms with Gasteiger partial charge >= 0.3 is 0 Å². The second-order valence-corrected chi connectivity index (χ2v) is 7.52. The van der Waals surface area contributed by atoms with E-state index in [1.807, 2.05) is 34.1 Å². The average molecular weight is 355 g/mol. The van der Waals surface area contributed by atoms with Gasteiger partial charge in [-0.2, -0.15) is 0 Å². The maximum absolute atomic E-state index is 12.8. The van der Waals surface area contributed by atoms with E-state index in [9.17, 15) is 14.4 Å². The maximum atomic E-state index is 12.8. The van der Waals surface area contributed by atoms with Crippen LogP contribution in [-0.4, -0.2) is 64.1 Å². The van der Waals surface area contributed by atoms with Crippen molar-refractivity contribution >= 4 is 17.7 Å². The van der Waals surface area contributed by atoms with Crippen LogP contribution < -0.4 is 0 Å². The van der Waals surface area contributed by atoms with Crippen molar-refractivity contribution in [3.05, 3.63) is 35.4 Å². The number of nitrogens with zero attached hydrogens (tertiary/aromatic N) is 3. The van der Waals surface area contributed by atoms with E-state index in [1.54, 1.807) is 4.90 Å². The Morgan fingerprint density at radius 1 is 1.04 bits per heavy atom. The molecule has 1 unspecified atom stereocenters. The number of hydrogen-bond acceptors (Lipinski definition) is 3. The molecule has 26 heavy (non-hydrogen) atoms. The summed E-state index contributed by atoms with van der Waals surface area (Å²) in [7, 11) is 0. The largest absolute Gasteiger partial charge is 0.341 e. The molecule has 1 aromatic rings. The second-order valence-electron chi connectivity index (χ2n) is 7.52. The highest BCUT2D eigenvalue weighted by molar-refractivity contribution is 5.98. The third-order valence-electron chi connectivity index (χ3n) is 6.01. The summed E-state index contributed by atoms with van der Waals surface area (Å²) in [6.07, 6.45) is 3.27. The van der Waals surface area contributed by atoms with E-state index in [-0.39, 0.29) is 29.8 Å². The summed E-state index contributed by atoms with van der Waals surface area (Å²) in [5.41, 5.74) is 1.91. The minimum Gasteiger partial charge on any atom is -0.341 e. The van der Waals surface area contributed by atoms with Crippen LogP contribution in [-0.2, 0) is 16.1 Å². The molecule has 0 bridgehead atoms. The van der Waals surface area contributed by atoms with Gasteiger partial charge in [-0.3, -0.25) is 14.4 Å². The summed E-state index contributed by atoms with van der Waals surface area (Å²) in [6.45, 7) is 4.21. The van der Waals surface area contributed by atoms with E-state index in [0.29, 0.717) is 26.2 Å². The summed E-state index contributed by atoms with van der Waals surface area (Å²) < 4.78 is 0. The molecule has 3 heterocycles.